The van der Waals surface area contributed by atoms with Crippen molar-refractivity contribution in [2.75, 3.05) is 37.9 Å². The Morgan fingerprint density at radius 3 is 2.35 bits per heavy atom. The molecule has 1 aromatic heterocycles. The second-order valence-electron chi connectivity index (χ2n) is 4.92. The van der Waals surface area contributed by atoms with E-state index in [1.54, 1.807) is 24.3 Å². The van der Waals surface area contributed by atoms with Gasteiger partial charge in [0.25, 0.3) is 10.0 Å². The number of benzene rings is 1. The van der Waals surface area contributed by atoms with Gasteiger partial charge in [-0.3, -0.25) is 4.72 Å². The number of nitrogens with one attached hydrogen (secondary N) is 1. The normalized spacial score (nSPS) is 11.0. The third-order valence-corrected chi connectivity index (χ3v) is 4.52. The number of hydrogen-bond donors (Lipinski definition) is 1. The summed E-state index contributed by atoms with van der Waals surface area (Å²) in [4.78, 5) is 5.99. The molecule has 124 valence electrons. The Labute approximate surface area is 135 Å². The van der Waals surface area contributed by atoms with Crippen molar-refractivity contribution in [3.63, 3.8) is 0 Å². The lowest BCUT2D eigenvalue weighted by molar-refractivity contribution is 0.392. The summed E-state index contributed by atoms with van der Waals surface area (Å²) in [5, 5.41) is 0. The Morgan fingerprint density at radius 2 is 1.83 bits per heavy atom. The number of anilines is 2. The predicted octanol–water partition coefficient (Wildman–Crippen LogP) is 1.97. The zero-order chi connectivity index (χ0) is 17.0. The van der Waals surface area contributed by atoms with Gasteiger partial charge in [0.1, 0.15) is 22.2 Å². The van der Waals surface area contributed by atoms with Crippen molar-refractivity contribution in [3.8, 4) is 11.5 Å². The molecule has 0 amide bonds. The molecule has 0 aliphatic carbocycles. The van der Waals surface area contributed by atoms with E-state index >= 15 is 0 Å². The van der Waals surface area contributed by atoms with Gasteiger partial charge in [-0.2, -0.15) is 0 Å². The van der Waals surface area contributed by atoms with Crippen LogP contribution in [0.15, 0.2) is 41.4 Å². The highest BCUT2D eigenvalue weighted by atomic mass is 32.2. The van der Waals surface area contributed by atoms with Crippen LogP contribution in [0.2, 0.25) is 0 Å². The largest absolute Gasteiger partial charge is 0.497 e. The van der Waals surface area contributed by atoms with Crippen LogP contribution >= 0.6 is 0 Å². The van der Waals surface area contributed by atoms with Crippen LogP contribution in [-0.4, -0.2) is 41.7 Å². The number of sulfonamides is 1. The molecular weight excluding hydrogens is 318 g/mol. The van der Waals surface area contributed by atoms with Crippen LogP contribution in [0.1, 0.15) is 0 Å². The van der Waals surface area contributed by atoms with Gasteiger partial charge in [0.15, 0.2) is 0 Å². The zero-order valence-corrected chi connectivity index (χ0v) is 14.2. The van der Waals surface area contributed by atoms with Crippen molar-refractivity contribution < 1.29 is 17.9 Å². The number of methoxy groups -OCH3 is 2. The number of aromatic nitrogens is 1. The molecule has 0 bridgehead atoms. The van der Waals surface area contributed by atoms with Crippen LogP contribution in [0.25, 0.3) is 0 Å². The van der Waals surface area contributed by atoms with Gasteiger partial charge in [-0.25, -0.2) is 13.4 Å². The fraction of sp³-hybridized carbons (Fsp3) is 0.267. The quantitative estimate of drug-likeness (QED) is 0.868. The minimum absolute atomic E-state index is 0.00367. The third-order valence-electron chi connectivity index (χ3n) is 3.12. The number of pyridine rings is 1. The van der Waals surface area contributed by atoms with Gasteiger partial charge < -0.3 is 14.4 Å². The van der Waals surface area contributed by atoms with Crippen molar-refractivity contribution in [1.82, 2.24) is 4.98 Å². The Balaban J connectivity index is 2.35. The Morgan fingerprint density at radius 1 is 1.09 bits per heavy atom. The zero-order valence-electron chi connectivity index (χ0n) is 13.4. The molecule has 0 fully saturated rings. The summed E-state index contributed by atoms with van der Waals surface area (Å²) >= 11 is 0. The number of hydrogen-bond acceptors (Lipinski definition) is 6. The molecule has 0 saturated heterocycles. The molecule has 2 rings (SSSR count). The third kappa shape index (κ3) is 3.84. The fourth-order valence-electron chi connectivity index (χ4n) is 1.92. The molecule has 0 spiro atoms. The van der Waals surface area contributed by atoms with Gasteiger partial charge in [-0.05, 0) is 24.3 Å². The first-order valence-corrected chi connectivity index (χ1v) is 8.24. The maximum Gasteiger partial charge on any atom is 0.265 e. The SMILES string of the molecule is COc1ccc(OC)c(S(=O)(=O)Nc2ccc(N(C)C)nc2)c1. The Bertz CT molecular complexity index is 774. The molecule has 0 atom stereocenters. The molecule has 1 heterocycles. The summed E-state index contributed by atoms with van der Waals surface area (Å²) in [7, 11) is 2.76. The van der Waals surface area contributed by atoms with Crippen LogP contribution in [0.5, 0.6) is 11.5 Å². The van der Waals surface area contributed by atoms with Crippen LogP contribution in [-0.2, 0) is 10.0 Å². The smallest absolute Gasteiger partial charge is 0.265 e. The molecule has 8 heteroatoms. The second kappa shape index (κ2) is 6.74. The Hall–Kier alpha value is -2.48. The highest BCUT2D eigenvalue weighted by molar-refractivity contribution is 7.92. The molecule has 1 N–H and O–H groups in total. The van der Waals surface area contributed by atoms with E-state index in [1.807, 2.05) is 19.0 Å². The summed E-state index contributed by atoms with van der Waals surface area (Å²) in [5.41, 5.74) is 0.362. The summed E-state index contributed by atoms with van der Waals surface area (Å²) in [6, 6.07) is 7.95. The van der Waals surface area contributed by atoms with E-state index in [0.717, 1.165) is 5.82 Å². The number of nitrogens with zero attached hydrogens (tertiary/aromatic N) is 2. The van der Waals surface area contributed by atoms with Gasteiger partial charge in [0.2, 0.25) is 0 Å². The highest BCUT2D eigenvalue weighted by Crippen LogP contribution is 2.29. The molecule has 0 radical (unpaired) electrons. The molecule has 0 aliphatic rings. The topological polar surface area (TPSA) is 80.8 Å². The van der Waals surface area contributed by atoms with E-state index < -0.39 is 10.0 Å². The summed E-state index contributed by atoms with van der Waals surface area (Å²) in [5.74, 6) is 1.38. The van der Waals surface area contributed by atoms with E-state index in [2.05, 4.69) is 9.71 Å². The lowest BCUT2D eigenvalue weighted by Gasteiger charge is -2.14. The summed E-state index contributed by atoms with van der Waals surface area (Å²) < 4.78 is 37.8. The first kappa shape index (κ1) is 16.9. The first-order valence-electron chi connectivity index (χ1n) is 6.75. The molecule has 7 nitrogen and oxygen atoms in total. The highest BCUT2D eigenvalue weighted by Gasteiger charge is 2.21. The van der Waals surface area contributed by atoms with Crippen molar-refractivity contribution in [2.24, 2.45) is 0 Å². The molecule has 0 unspecified atom stereocenters. The van der Waals surface area contributed by atoms with Gasteiger partial charge in [0, 0.05) is 20.2 Å². The molecular formula is C15H19N3O4S. The lowest BCUT2D eigenvalue weighted by Crippen LogP contribution is -2.15. The monoisotopic (exact) mass is 337 g/mol. The predicted molar refractivity (Wildman–Crippen MR) is 88.9 cm³/mol. The minimum atomic E-state index is -3.83. The molecule has 0 aliphatic heterocycles. The van der Waals surface area contributed by atoms with E-state index in [0.29, 0.717) is 11.4 Å². The van der Waals surface area contributed by atoms with Gasteiger partial charge in [-0.1, -0.05) is 0 Å². The van der Waals surface area contributed by atoms with Crippen LogP contribution in [0, 0.1) is 0 Å². The van der Waals surface area contributed by atoms with Crippen LogP contribution in [0.3, 0.4) is 0 Å². The maximum atomic E-state index is 12.6. The molecule has 23 heavy (non-hydrogen) atoms. The van der Waals surface area contributed by atoms with E-state index in [9.17, 15) is 8.42 Å². The average molecular weight is 337 g/mol. The Kier molecular flexibility index (Phi) is 4.95. The van der Waals surface area contributed by atoms with Crippen LogP contribution in [0.4, 0.5) is 11.5 Å². The molecule has 2 aromatic rings. The van der Waals surface area contributed by atoms with Gasteiger partial charge in [-0.15, -0.1) is 0 Å². The average Bonchev–Trinajstić information content (AvgIpc) is 2.54. The van der Waals surface area contributed by atoms with Crippen molar-refractivity contribution >= 4 is 21.5 Å². The first-order chi connectivity index (χ1) is 10.9. The van der Waals surface area contributed by atoms with Crippen molar-refractivity contribution in [1.29, 1.82) is 0 Å². The standard InChI is InChI=1S/C15H19N3O4S/c1-18(2)15-8-5-11(10-16-15)17-23(19,20)14-9-12(21-3)6-7-13(14)22-4/h5-10,17H,1-4H3. The summed E-state index contributed by atoms with van der Waals surface area (Å²) in [6.07, 6.45) is 1.46. The summed E-state index contributed by atoms with van der Waals surface area (Å²) in [6.45, 7) is 0. The number of ether oxygens (including phenoxy) is 2. The van der Waals surface area contributed by atoms with Gasteiger partial charge >= 0.3 is 0 Å². The maximum absolute atomic E-state index is 12.6. The molecule has 0 saturated carbocycles. The van der Waals surface area contributed by atoms with Crippen molar-refractivity contribution in [3.05, 3.63) is 36.5 Å². The number of rotatable bonds is 6. The lowest BCUT2D eigenvalue weighted by atomic mass is 10.3. The van der Waals surface area contributed by atoms with E-state index in [4.69, 9.17) is 9.47 Å². The van der Waals surface area contributed by atoms with E-state index in [1.165, 1.54) is 26.5 Å². The van der Waals surface area contributed by atoms with Crippen LogP contribution < -0.4 is 19.1 Å². The fourth-order valence-corrected chi connectivity index (χ4v) is 3.14. The van der Waals surface area contributed by atoms with Gasteiger partial charge in [0.05, 0.1) is 26.1 Å². The second-order valence-corrected chi connectivity index (χ2v) is 6.57. The molecule has 1 aromatic carbocycles. The van der Waals surface area contributed by atoms with E-state index in [-0.39, 0.29) is 10.6 Å². The van der Waals surface area contributed by atoms with Crippen molar-refractivity contribution in [2.45, 2.75) is 4.90 Å². The minimum Gasteiger partial charge on any atom is -0.497 e.